The first-order chi connectivity index (χ1) is 17.4. The second kappa shape index (κ2) is 11.5. The number of aromatic nitrogens is 4. The molecule has 4 rings (SSSR count). The minimum absolute atomic E-state index is 0.0255. The van der Waals surface area contributed by atoms with E-state index in [4.69, 9.17) is 15.0 Å². The summed E-state index contributed by atoms with van der Waals surface area (Å²) in [5.74, 6) is 1.99. The second-order valence-corrected chi connectivity index (χ2v) is 10.7. The Hall–Kier alpha value is -2.79. The fraction of sp³-hybridized carbons (Fsp3) is 0.652. The van der Waals surface area contributed by atoms with Crippen molar-refractivity contribution in [3.05, 3.63) is 17.8 Å². The van der Waals surface area contributed by atoms with Crippen molar-refractivity contribution in [2.24, 2.45) is 5.92 Å². The number of nitriles is 1. The molecule has 3 unspecified atom stereocenters. The Bertz CT molecular complexity index is 1090. The van der Waals surface area contributed by atoms with E-state index in [9.17, 15) is 9.32 Å². The van der Waals surface area contributed by atoms with Gasteiger partial charge >= 0.3 is 0 Å². The highest BCUT2D eigenvalue weighted by Gasteiger charge is 2.43. The van der Waals surface area contributed by atoms with E-state index in [1.807, 2.05) is 11.4 Å². The number of methoxy groups -OCH3 is 1. The van der Waals surface area contributed by atoms with Crippen molar-refractivity contribution in [1.82, 2.24) is 28.8 Å². The van der Waals surface area contributed by atoms with E-state index in [1.54, 1.807) is 19.2 Å². The Morgan fingerprint density at radius 3 is 2.50 bits per heavy atom. The Labute approximate surface area is 214 Å². The minimum atomic E-state index is -1.24. The van der Waals surface area contributed by atoms with E-state index in [0.29, 0.717) is 42.2 Å². The number of aliphatic hydroxyl groups is 1. The summed E-state index contributed by atoms with van der Waals surface area (Å²) in [6.45, 7) is 5.27. The molecule has 2 aliphatic rings. The summed E-state index contributed by atoms with van der Waals surface area (Å²) in [7, 11) is 3.55. The second-order valence-electron chi connectivity index (χ2n) is 9.28. The summed E-state index contributed by atoms with van der Waals surface area (Å²) in [5, 5.41) is 28.4. The Kier molecular flexibility index (Phi) is 8.40. The molecule has 0 aliphatic carbocycles. The molecule has 2 aromatic rings. The van der Waals surface area contributed by atoms with Crippen LogP contribution in [0.25, 0.3) is 0 Å². The van der Waals surface area contributed by atoms with Crippen LogP contribution < -0.4 is 15.0 Å². The molecule has 2 aliphatic heterocycles. The van der Waals surface area contributed by atoms with Crippen molar-refractivity contribution in [1.29, 1.82) is 5.26 Å². The molecule has 12 nitrogen and oxygen atoms in total. The van der Waals surface area contributed by atoms with E-state index in [2.05, 4.69) is 49.6 Å². The molecular weight excluding hydrogens is 482 g/mol. The van der Waals surface area contributed by atoms with Gasteiger partial charge in [-0.15, -0.1) is 0 Å². The van der Waals surface area contributed by atoms with Crippen LogP contribution in [0.15, 0.2) is 12.1 Å². The third-order valence-corrected chi connectivity index (χ3v) is 8.70. The van der Waals surface area contributed by atoms with Crippen LogP contribution >= 0.6 is 0 Å². The summed E-state index contributed by atoms with van der Waals surface area (Å²) >= 11 is -1.24. The molecule has 0 radical (unpaired) electrons. The fourth-order valence-corrected chi connectivity index (χ4v) is 6.68. The van der Waals surface area contributed by atoms with Crippen LogP contribution in [-0.4, -0.2) is 83.5 Å². The molecule has 0 aromatic carbocycles. The van der Waals surface area contributed by atoms with Gasteiger partial charge in [-0.25, -0.2) is 12.8 Å². The molecular formula is C23H35N9O3S. The van der Waals surface area contributed by atoms with Crippen LogP contribution in [0.5, 0.6) is 5.88 Å². The van der Waals surface area contributed by atoms with E-state index >= 15 is 0 Å². The quantitative estimate of drug-likeness (QED) is 0.430. The van der Waals surface area contributed by atoms with Crippen LogP contribution in [-0.2, 0) is 17.8 Å². The van der Waals surface area contributed by atoms with Crippen molar-refractivity contribution < 1.29 is 14.1 Å². The summed E-state index contributed by atoms with van der Waals surface area (Å²) in [6, 6.07) is 6.11. The van der Waals surface area contributed by atoms with Gasteiger partial charge in [0.15, 0.2) is 17.0 Å². The highest BCUT2D eigenvalue weighted by molar-refractivity contribution is 7.80. The summed E-state index contributed by atoms with van der Waals surface area (Å²) in [5.41, 5.74) is 0.595. The first kappa shape index (κ1) is 26.3. The minimum Gasteiger partial charge on any atom is -0.481 e. The van der Waals surface area contributed by atoms with E-state index in [1.165, 1.54) is 0 Å². The van der Waals surface area contributed by atoms with Gasteiger partial charge in [-0.2, -0.15) is 20.3 Å². The molecule has 0 spiro atoms. The number of hydrogen-bond donors (Lipinski definition) is 3. The molecule has 2 fully saturated rings. The van der Waals surface area contributed by atoms with Crippen molar-refractivity contribution in [2.45, 2.75) is 64.3 Å². The molecule has 3 atom stereocenters. The Balaban J connectivity index is 1.52. The van der Waals surface area contributed by atoms with Gasteiger partial charge in [-0.3, -0.25) is 5.10 Å². The fourth-order valence-electron chi connectivity index (χ4n) is 4.82. The number of aromatic amines is 1. The monoisotopic (exact) mass is 517 g/mol. The standard InChI is InChI=1S/C23H35N9O3S/c1-5-17-8-19(9-18(6-2)32(17)36(34)31-12-15(11-24)13-31)30(3)23-26-20(10-22(27-23)35-4)25-21-7-16(14-33)28-29-21/h7,10,15,17-19,33H,5-6,8-9,12-14H2,1-4H3,(H2,25,26,27,28,29). The molecule has 0 amide bonds. The van der Waals surface area contributed by atoms with Crippen molar-refractivity contribution in [2.75, 3.05) is 37.5 Å². The lowest BCUT2D eigenvalue weighted by Gasteiger charge is -2.48. The van der Waals surface area contributed by atoms with Crippen molar-refractivity contribution >= 4 is 28.8 Å². The van der Waals surface area contributed by atoms with E-state index in [-0.39, 0.29) is 30.7 Å². The molecule has 196 valence electrons. The van der Waals surface area contributed by atoms with E-state index in [0.717, 1.165) is 25.7 Å². The number of anilines is 3. The maximum absolute atomic E-state index is 13.4. The van der Waals surface area contributed by atoms with Crippen LogP contribution in [0, 0.1) is 17.2 Å². The molecule has 3 N–H and O–H groups in total. The molecule has 13 heteroatoms. The van der Waals surface area contributed by atoms with Gasteiger partial charge in [0, 0.05) is 50.4 Å². The van der Waals surface area contributed by atoms with Gasteiger partial charge in [0.25, 0.3) is 0 Å². The molecule has 2 saturated heterocycles. The number of aliphatic hydroxyl groups excluding tert-OH is 1. The van der Waals surface area contributed by atoms with E-state index < -0.39 is 11.2 Å². The molecule has 0 bridgehead atoms. The summed E-state index contributed by atoms with van der Waals surface area (Å²) in [4.78, 5) is 11.4. The maximum Gasteiger partial charge on any atom is 0.230 e. The van der Waals surface area contributed by atoms with Gasteiger partial charge in [0.2, 0.25) is 11.8 Å². The predicted molar refractivity (Wildman–Crippen MR) is 137 cm³/mol. The highest BCUT2D eigenvalue weighted by atomic mass is 32.2. The van der Waals surface area contributed by atoms with Gasteiger partial charge in [-0.05, 0) is 25.7 Å². The van der Waals surface area contributed by atoms with Crippen LogP contribution in [0.3, 0.4) is 0 Å². The molecule has 0 saturated carbocycles. The average Bonchev–Trinajstić information content (AvgIpc) is 3.33. The van der Waals surface area contributed by atoms with Gasteiger partial charge in [0.05, 0.1) is 31.4 Å². The Morgan fingerprint density at radius 1 is 1.25 bits per heavy atom. The number of ether oxygens (including phenoxy) is 1. The van der Waals surface area contributed by atoms with Crippen molar-refractivity contribution in [3.63, 3.8) is 0 Å². The number of hydrogen-bond acceptors (Lipinski definition) is 9. The summed E-state index contributed by atoms with van der Waals surface area (Å²) in [6.07, 6.45) is 3.40. The number of piperidine rings is 1. The predicted octanol–water partition coefficient (Wildman–Crippen LogP) is 1.94. The number of nitrogens with zero attached hydrogens (tertiary/aromatic N) is 7. The Morgan fingerprint density at radius 2 is 1.94 bits per heavy atom. The number of rotatable bonds is 10. The van der Waals surface area contributed by atoms with Crippen molar-refractivity contribution in [3.8, 4) is 11.9 Å². The lowest BCUT2D eigenvalue weighted by atomic mass is 9.90. The third-order valence-electron chi connectivity index (χ3n) is 7.00. The largest absolute Gasteiger partial charge is 0.481 e. The van der Waals surface area contributed by atoms with Crippen LogP contribution in [0.2, 0.25) is 0 Å². The normalized spacial score (nSPS) is 24.1. The summed E-state index contributed by atoms with van der Waals surface area (Å²) < 4.78 is 22.9. The topological polar surface area (TPSA) is 147 Å². The SMILES string of the molecule is CCC1CC(N(C)c2nc(Nc3cc(CO)[nH]n3)cc(OC)n2)CC(CC)N1S(=O)N1CC(C#N)C1. The van der Waals surface area contributed by atoms with Crippen LogP contribution in [0.1, 0.15) is 45.2 Å². The number of nitrogens with one attached hydrogen (secondary N) is 2. The first-order valence-electron chi connectivity index (χ1n) is 12.3. The smallest absolute Gasteiger partial charge is 0.230 e. The van der Waals surface area contributed by atoms with Gasteiger partial charge in [0.1, 0.15) is 5.82 Å². The zero-order valence-corrected chi connectivity index (χ0v) is 22.0. The maximum atomic E-state index is 13.4. The first-order valence-corrected chi connectivity index (χ1v) is 13.4. The van der Waals surface area contributed by atoms with Gasteiger partial charge < -0.3 is 20.1 Å². The average molecular weight is 518 g/mol. The lowest BCUT2D eigenvalue weighted by molar-refractivity contribution is 0.141. The highest BCUT2D eigenvalue weighted by Crippen LogP contribution is 2.35. The molecule has 2 aromatic heterocycles. The van der Waals surface area contributed by atoms with Crippen LogP contribution in [0.4, 0.5) is 17.6 Å². The lowest BCUT2D eigenvalue weighted by Crippen LogP contribution is -2.60. The molecule has 4 heterocycles. The zero-order chi connectivity index (χ0) is 25.8. The van der Waals surface area contributed by atoms with Gasteiger partial charge in [-0.1, -0.05) is 13.8 Å². The zero-order valence-electron chi connectivity index (χ0n) is 21.2. The number of H-pyrrole nitrogens is 1. The third kappa shape index (κ3) is 5.46. The molecule has 36 heavy (non-hydrogen) atoms.